The number of anilines is 2. The summed E-state index contributed by atoms with van der Waals surface area (Å²) < 4.78 is 4.97. The van der Waals surface area contributed by atoms with Crippen molar-refractivity contribution in [3.8, 4) is 0 Å². The van der Waals surface area contributed by atoms with Crippen LogP contribution in [0.2, 0.25) is 5.02 Å². The quantitative estimate of drug-likeness (QED) is 0.650. The van der Waals surface area contributed by atoms with Crippen LogP contribution in [0.3, 0.4) is 0 Å². The van der Waals surface area contributed by atoms with Crippen molar-refractivity contribution < 1.29 is 14.3 Å². The molecule has 0 saturated carbocycles. The van der Waals surface area contributed by atoms with Crippen LogP contribution in [0.5, 0.6) is 0 Å². The number of esters is 1. The van der Waals surface area contributed by atoms with E-state index < -0.39 is 18.5 Å². The molecule has 0 atom stereocenters. The maximum absolute atomic E-state index is 11.9. The fourth-order valence-corrected chi connectivity index (χ4v) is 2.17. The topological polar surface area (TPSA) is 81.4 Å². The van der Waals surface area contributed by atoms with Gasteiger partial charge in [-0.05, 0) is 42.3 Å². The maximum Gasteiger partial charge on any atom is 0.340 e. The number of nitrogen functional groups attached to an aromatic ring is 1. The van der Waals surface area contributed by atoms with Crippen molar-refractivity contribution in [3.05, 3.63) is 58.6 Å². The number of ether oxygens (including phenoxy) is 1. The minimum atomic E-state index is -0.670. The number of rotatable bonds is 5. The maximum atomic E-state index is 11.9. The number of carbonyl (C=O) groups excluding carboxylic acids is 2. The molecule has 0 aromatic heterocycles. The van der Waals surface area contributed by atoms with Crippen molar-refractivity contribution in [1.82, 2.24) is 0 Å². The van der Waals surface area contributed by atoms with Crippen molar-refractivity contribution in [1.29, 1.82) is 0 Å². The first-order chi connectivity index (χ1) is 11.0. The molecule has 2 aromatic carbocycles. The molecule has 5 nitrogen and oxygen atoms in total. The van der Waals surface area contributed by atoms with Crippen molar-refractivity contribution >= 4 is 34.9 Å². The van der Waals surface area contributed by atoms with E-state index in [1.165, 1.54) is 18.2 Å². The summed E-state index contributed by atoms with van der Waals surface area (Å²) in [6.45, 7) is 1.64. The lowest BCUT2D eigenvalue weighted by Gasteiger charge is -2.09. The second kappa shape index (κ2) is 7.65. The van der Waals surface area contributed by atoms with Crippen LogP contribution >= 0.6 is 11.6 Å². The molecule has 0 bridgehead atoms. The Labute approximate surface area is 139 Å². The number of nitrogens with two attached hydrogens (primary N) is 1. The molecule has 2 rings (SSSR count). The first kappa shape index (κ1) is 16.8. The number of nitrogens with one attached hydrogen (secondary N) is 1. The van der Waals surface area contributed by atoms with Crippen LogP contribution < -0.4 is 11.1 Å². The number of aryl methyl sites for hydroxylation is 1. The number of halogens is 1. The van der Waals surface area contributed by atoms with Gasteiger partial charge in [0.15, 0.2) is 6.61 Å². The van der Waals surface area contributed by atoms with Gasteiger partial charge in [-0.25, -0.2) is 4.79 Å². The fourth-order valence-electron chi connectivity index (χ4n) is 1.99. The number of hydrogen-bond acceptors (Lipinski definition) is 4. The molecule has 0 radical (unpaired) electrons. The van der Waals surface area contributed by atoms with Crippen molar-refractivity contribution in [2.45, 2.75) is 13.3 Å². The summed E-state index contributed by atoms with van der Waals surface area (Å²) in [6, 6.07) is 11.9. The summed E-state index contributed by atoms with van der Waals surface area (Å²) in [7, 11) is 0. The number of amides is 1. The highest BCUT2D eigenvalue weighted by atomic mass is 35.5. The smallest absolute Gasteiger partial charge is 0.340 e. The van der Waals surface area contributed by atoms with Gasteiger partial charge in [-0.15, -0.1) is 0 Å². The average Bonchev–Trinajstić information content (AvgIpc) is 2.53. The van der Waals surface area contributed by atoms with Gasteiger partial charge in [-0.3, -0.25) is 4.79 Å². The normalized spacial score (nSPS) is 10.2. The monoisotopic (exact) mass is 332 g/mol. The van der Waals surface area contributed by atoms with E-state index in [1.54, 1.807) is 6.07 Å². The molecule has 1 amide bonds. The zero-order valence-electron chi connectivity index (χ0n) is 12.6. The Balaban J connectivity index is 1.92. The molecule has 0 heterocycles. The molecule has 0 fully saturated rings. The summed E-state index contributed by atoms with van der Waals surface area (Å²) in [5, 5.41) is 3.10. The molecule has 0 aliphatic rings. The van der Waals surface area contributed by atoms with Gasteiger partial charge in [0.2, 0.25) is 0 Å². The molecule has 6 heteroatoms. The first-order valence-electron chi connectivity index (χ1n) is 7.10. The Kier molecular flexibility index (Phi) is 5.60. The highest BCUT2D eigenvalue weighted by Gasteiger charge is 2.13. The van der Waals surface area contributed by atoms with Crippen LogP contribution in [0.1, 0.15) is 22.8 Å². The summed E-state index contributed by atoms with van der Waals surface area (Å²) in [5.41, 5.74) is 7.85. The second-order valence-corrected chi connectivity index (χ2v) is 5.35. The van der Waals surface area contributed by atoms with Gasteiger partial charge in [-0.1, -0.05) is 30.7 Å². The molecule has 23 heavy (non-hydrogen) atoms. The van der Waals surface area contributed by atoms with E-state index in [0.717, 1.165) is 12.0 Å². The Morgan fingerprint density at radius 3 is 2.70 bits per heavy atom. The Morgan fingerprint density at radius 2 is 2.00 bits per heavy atom. The van der Waals surface area contributed by atoms with E-state index in [9.17, 15) is 9.59 Å². The number of carbonyl (C=O) groups is 2. The van der Waals surface area contributed by atoms with Crippen LogP contribution in [0.15, 0.2) is 42.5 Å². The fraction of sp³-hybridized carbons (Fsp3) is 0.176. The standard InChI is InChI=1S/C17H17ClN2O3/c1-2-11-4-3-5-13(8-11)20-16(21)10-23-17(22)14-7-6-12(18)9-15(14)19/h3-9H,2,10,19H2,1H3,(H,20,21). The van der Waals surface area contributed by atoms with Gasteiger partial charge in [0.05, 0.1) is 5.56 Å². The van der Waals surface area contributed by atoms with Gasteiger partial charge in [0.1, 0.15) is 0 Å². The van der Waals surface area contributed by atoms with Crippen LogP contribution in [0.4, 0.5) is 11.4 Å². The minimum absolute atomic E-state index is 0.176. The van der Waals surface area contributed by atoms with Crippen LogP contribution in [0.25, 0.3) is 0 Å². The third kappa shape index (κ3) is 4.72. The van der Waals surface area contributed by atoms with Gasteiger partial charge in [0, 0.05) is 16.4 Å². The SMILES string of the molecule is CCc1cccc(NC(=O)COC(=O)c2ccc(Cl)cc2N)c1. The van der Waals surface area contributed by atoms with E-state index >= 15 is 0 Å². The van der Waals surface area contributed by atoms with E-state index in [1.807, 2.05) is 25.1 Å². The molecular weight excluding hydrogens is 316 g/mol. The largest absolute Gasteiger partial charge is 0.452 e. The van der Waals surface area contributed by atoms with Crippen molar-refractivity contribution in [2.24, 2.45) is 0 Å². The summed E-state index contributed by atoms with van der Waals surface area (Å²) in [4.78, 5) is 23.8. The lowest BCUT2D eigenvalue weighted by molar-refractivity contribution is -0.119. The molecule has 0 saturated heterocycles. The molecule has 0 aliphatic heterocycles. The van der Waals surface area contributed by atoms with Crippen molar-refractivity contribution in [3.63, 3.8) is 0 Å². The van der Waals surface area contributed by atoms with Gasteiger partial charge in [0.25, 0.3) is 5.91 Å². The molecule has 0 unspecified atom stereocenters. The van der Waals surface area contributed by atoms with E-state index in [4.69, 9.17) is 22.1 Å². The Hall–Kier alpha value is -2.53. The van der Waals surface area contributed by atoms with E-state index in [0.29, 0.717) is 10.7 Å². The van der Waals surface area contributed by atoms with E-state index in [-0.39, 0.29) is 11.3 Å². The van der Waals surface area contributed by atoms with Crippen molar-refractivity contribution in [2.75, 3.05) is 17.7 Å². The molecule has 120 valence electrons. The van der Waals surface area contributed by atoms with Crippen LogP contribution in [-0.4, -0.2) is 18.5 Å². The summed E-state index contributed by atoms with van der Waals surface area (Å²) in [5.74, 6) is -1.09. The predicted octanol–water partition coefficient (Wildman–Crippen LogP) is 3.28. The Bertz CT molecular complexity index is 732. The van der Waals surface area contributed by atoms with E-state index in [2.05, 4.69) is 5.32 Å². The minimum Gasteiger partial charge on any atom is -0.452 e. The Morgan fingerprint density at radius 1 is 1.22 bits per heavy atom. The van der Waals surface area contributed by atoms with Gasteiger partial charge in [-0.2, -0.15) is 0 Å². The zero-order chi connectivity index (χ0) is 16.8. The number of benzene rings is 2. The third-order valence-electron chi connectivity index (χ3n) is 3.19. The first-order valence-corrected chi connectivity index (χ1v) is 7.48. The predicted molar refractivity (Wildman–Crippen MR) is 90.6 cm³/mol. The number of hydrogen-bond donors (Lipinski definition) is 2. The zero-order valence-corrected chi connectivity index (χ0v) is 13.4. The van der Waals surface area contributed by atoms with Gasteiger partial charge < -0.3 is 15.8 Å². The molecule has 3 N–H and O–H groups in total. The molecule has 2 aromatic rings. The third-order valence-corrected chi connectivity index (χ3v) is 3.42. The lowest BCUT2D eigenvalue weighted by Crippen LogP contribution is -2.21. The average molecular weight is 333 g/mol. The highest BCUT2D eigenvalue weighted by molar-refractivity contribution is 6.31. The molecular formula is C17H17ClN2O3. The highest BCUT2D eigenvalue weighted by Crippen LogP contribution is 2.18. The van der Waals surface area contributed by atoms with Crippen LogP contribution in [-0.2, 0) is 16.0 Å². The van der Waals surface area contributed by atoms with Gasteiger partial charge >= 0.3 is 5.97 Å². The molecule has 0 aliphatic carbocycles. The van der Waals surface area contributed by atoms with Crippen LogP contribution in [0, 0.1) is 0 Å². The summed E-state index contributed by atoms with van der Waals surface area (Å²) >= 11 is 5.77. The second-order valence-electron chi connectivity index (χ2n) is 4.91. The molecule has 0 spiro atoms. The summed E-state index contributed by atoms with van der Waals surface area (Å²) in [6.07, 6.45) is 0.870. The lowest BCUT2D eigenvalue weighted by atomic mass is 10.1.